The highest BCUT2D eigenvalue weighted by Crippen LogP contribution is 2.12. The van der Waals surface area contributed by atoms with Crippen LogP contribution in [0, 0.1) is 5.92 Å². The minimum atomic E-state index is -0.854. The van der Waals surface area contributed by atoms with Gasteiger partial charge >= 0.3 is 12.0 Å². The molecule has 1 aliphatic rings. The van der Waals surface area contributed by atoms with E-state index in [9.17, 15) is 14.7 Å². The number of amides is 2. The van der Waals surface area contributed by atoms with Crippen LogP contribution in [0.15, 0.2) is 0 Å². The zero-order chi connectivity index (χ0) is 15.1. The van der Waals surface area contributed by atoms with E-state index in [2.05, 4.69) is 10.2 Å². The molecule has 0 bridgehead atoms. The highest BCUT2D eigenvalue weighted by Gasteiger charge is 2.30. The van der Waals surface area contributed by atoms with Gasteiger partial charge in [-0.2, -0.15) is 0 Å². The molecule has 0 aromatic rings. The van der Waals surface area contributed by atoms with Crippen LogP contribution in [0.2, 0.25) is 0 Å². The van der Waals surface area contributed by atoms with Crippen LogP contribution >= 0.6 is 0 Å². The Labute approximate surface area is 119 Å². The third-order valence-corrected chi connectivity index (χ3v) is 3.50. The van der Waals surface area contributed by atoms with Gasteiger partial charge in [0.1, 0.15) is 0 Å². The van der Waals surface area contributed by atoms with Crippen molar-refractivity contribution in [3.05, 3.63) is 0 Å². The van der Waals surface area contributed by atoms with Crippen molar-refractivity contribution < 1.29 is 19.4 Å². The zero-order valence-electron chi connectivity index (χ0n) is 12.5. The smallest absolute Gasteiger partial charge is 0.317 e. The first-order chi connectivity index (χ1) is 9.45. The largest absolute Gasteiger partial charge is 0.481 e. The van der Waals surface area contributed by atoms with Crippen LogP contribution in [0.4, 0.5) is 4.79 Å². The summed E-state index contributed by atoms with van der Waals surface area (Å²) < 4.78 is 4.88. The van der Waals surface area contributed by atoms with Crippen LogP contribution in [0.3, 0.4) is 0 Å². The van der Waals surface area contributed by atoms with E-state index in [1.54, 1.807) is 12.0 Å². The molecule has 0 unspecified atom stereocenters. The maximum Gasteiger partial charge on any atom is 0.317 e. The van der Waals surface area contributed by atoms with Crippen molar-refractivity contribution in [2.75, 3.05) is 46.4 Å². The lowest BCUT2D eigenvalue weighted by Crippen LogP contribution is -2.44. The monoisotopic (exact) mass is 287 g/mol. The summed E-state index contributed by atoms with van der Waals surface area (Å²) in [4.78, 5) is 27.0. The van der Waals surface area contributed by atoms with E-state index in [1.165, 1.54) is 0 Å². The molecule has 116 valence electrons. The van der Waals surface area contributed by atoms with Crippen molar-refractivity contribution in [3.63, 3.8) is 0 Å². The summed E-state index contributed by atoms with van der Waals surface area (Å²) in [7, 11) is 1.57. The minimum absolute atomic E-state index is 0.223. The van der Waals surface area contributed by atoms with E-state index in [-0.39, 0.29) is 18.6 Å². The first-order valence-electron chi connectivity index (χ1n) is 6.94. The average molecular weight is 287 g/mol. The summed E-state index contributed by atoms with van der Waals surface area (Å²) in [6.45, 7) is 6.91. The Morgan fingerprint density at radius 1 is 1.35 bits per heavy atom. The second-order valence-electron chi connectivity index (χ2n) is 5.29. The van der Waals surface area contributed by atoms with Crippen molar-refractivity contribution in [2.45, 2.75) is 19.9 Å². The van der Waals surface area contributed by atoms with Crippen LogP contribution < -0.4 is 5.32 Å². The fourth-order valence-electron chi connectivity index (χ4n) is 2.22. The molecule has 0 aromatic carbocycles. The Hall–Kier alpha value is -1.34. The Kier molecular flexibility index (Phi) is 6.74. The van der Waals surface area contributed by atoms with E-state index in [0.717, 1.165) is 0 Å². The van der Waals surface area contributed by atoms with Crippen molar-refractivity contribution in [1.29, 1.82) is 0 Å². The zero-order valence-corrected chi connectivity index (χ0v) is 12.5. The summed E-state index contributed by atoms with van der Waals surface area (Å²) in [6.07, 6.45) is 0. The third kappa shape index (κ3) is 4.97. The number of carbonyl (C=O) groups excluding carboxylic acids is 1. The Morgan fingerprint density at radius 3 is 2.60 bits per heavy atom. The van der Waals surface area contributed by atoms with Gasteiger partial charge in [0.15, 0.2) is 0 Å². The van der Waals surface area contributed by atoms with E-state index in [4.69, 9.17) is 4.74 Å². The molecule has 1 fully saturated rings. The number of hydrogen-bond donors (Lipinski definition) is 2. The maximum atomic E-state index is 12.0. The molecule has 0 aromatic heterocycles. The van der Waals surface area contributed by atoms with Gasteiger partial charge in [-0.3, -0.25) is 9.69 Å². The van der Waals surface area contributed by atoms with Gasteiger partial charge in [0, 0.05) is 45.9 Å². The molecule has 2 amide bonds. The molecule has 1 saturated heterocycles. The molecular weight excluding hydrogens is 262 g/mol. The van der Waals surface area contributed by atoms with Crippen LogP contribution in [0.25, 0.3) is 0 Å². The Bertz CT molecular complexity index is 336. The maximum absolute atomic E-state index is 12.0. The quantitative estimate of drug-likeness (QED) is 0.699. The van der Waals surface area contributed by atoms with Crippen molar-refractivity contribution in [1.82, 2.24) is 15.1 Å². The number of carbonyl (C=O) groups is 2. The van der Waals surface area contributed by atoms with E-state index in [0.29, 0.717) is 32.8 Å². The minimum Gasteiger partial charge on any atom is -0.481 e. The average Bonchev–Trinajstić information content (AvgIpc) is 2.61. The number of ether oxygens (including phenoxy) is 1. The predicted octanol–water partition coefficient (Wildman–Crippen LogP) is 0.0692. The Balaban J connectivity index is 2.63. The molecule has 7 heteroatoms. The predicted molar refractivity (Wildman–Crippen MR) is 74.7 cm³/mol. The molecule has 20 heavy (non-hydrogen) atoms. The van der Waals surface area contributed by atoms with Crippen LogP contribution in [0.1, 0.15) is 13.8 Å². The number of rotatable bonds is 5. The molecule has 0 radical (unpaired) electrons. The number of urea groups is 1. The molecule has 0 spiro atoms. The van der Waals surface area contributed by atoms with E-state index < -0.39 is 11.9 Å². The topological polar surface area (TPSA) is 82.1 Å². The standard InChI is InChI=1S/C13H25N3O4/c1-10(2)15-5-6-16(9-11(8-15)12(17)18)13(19)14-4-7-20-3/h10-11H,4-9H2,1-3H3,(H,14,19)(H,17,18)/t11-/m1/s1. The Morgan fingerprint density at radius 2 is 2.05 bits per heavy atom. The van der Waals surface area contributed by atoms with Gasteiger partial charge in [0.25, 0.3) is 0 Å². The van der Waals surface area contributed by atoms with Gasteiger partial charge in [-0.05, 0) is 13.8 Å². The van der Waals surface area contributed by atoms with Gasteiger partial charge in [-0.1, -0.05) is 0 Å². The molecule has 1 aliphatic heterocycles. The van der Waals surface area contributed by atoms with Crippen LogP contribution in [-0.4, -0.2) is 79.4 Å². The lowest BCUT2D eigenvalue weighted by molar-refractivity contribution is -0.142. The van der Waals surface area contributed by atoms with Gasteiger partial charge in [-0.15, -0.1) is 0 Å². The van der Waals surface area contributed by atoms with E-state index >= 15 is 0 Å². The molecule has 2 N–H and O–H groups in total. The molecule has 7 nitrogen and oxygen atoms in total. The lowest BCUT2D eigenvalue weighted by atomic mass is 10.1. The summed E-state index contributed by atoms with van der Waals surface area (Å²) in [6, 6.07) is 0.0484. The number of methoxy groups -OCH3 is 1. The van der Waals surface area contributed by atoms with Crippen molar-refractivity contribution in [3.8, 4) is 0 Å². The third-order valence-electron chi connectivity index (χ3n) is 3.50. The molecule has 1 rings (SSSR count). The number of nitrogens with one attached hydrogen (secondary N) is 1. The normalized spacial score (nSPS) is 20.8. The van der Waals surface area contributed by atoms with Crippen molar-refractivity contribution in [2.24, 2.45) is 5.92 Å². The number of nitrogens with zero attached hydrogens (tertiary/aromatic N) is 2. The van der Waals surface area contributed by atoms with Gasteiger partial charge < -0.3 is 20.1 Å². The van der Waals surface area contributed by atoms with Gasteiger partial charge in [-0.25, -0.2) is 4.79 Å². The van der Waals surface area contributed by atoms with Gasteiger partial charge in [0.2, 0.25) is 0 Å². The highest BCUT2D eigenvalue weighted by atomic mass is 16.5. The first-order valence-corrected chi connectivity index (χ1v) is 6.94. The van der Waals surface area contributed by atoms with E-state index in [1.807, 2.05) is 13.8 Å². The molecule has 1 atom stereocenters. The molecular formula is C13H25N3O4. The summed E-state index contributed by atoms with van der Waals surface area (Å²) in [5, 5.41) is 12.0. The molecule has 0 aliphatic carbocycles. The fourth-order valence-corrected chi connectivity index (χ4v) is 2.22. The fraction of sp³-hybridized carbons (Fsp3) is 0.846. The number of carboxylic acid groups (broad SMARTS) is 1. The number of carboxylic acids is 1. The van der Waals surface area contributed by atoms with Crippen molar-refractivity contribution >= 4 is 12.0 Å². The summed E-state index contributed by atoms with van der Waals surface area (Å²) >= 11 is 0. The lowest BCUT2D eigenvalue weighted by Gasteiger charge is -2.25. The highest BCUT2D eigenvalue weighted by molar-refractivity contribution is 5.76. The van der Waals surface area contributed by atoms with Gasteiger partial charge in [0.05, 0.1) is 12.5 Å². The van der Waals surface area contributed by atoms with Crippen LogP contribution in [-0.2, 0) is 9.53 Å². The number of hydrogen-bond acceptors (Lipinski definition) is 4. The molecule has 1 heterocycles. The van der Waals surface area contributed by atoms with Crippen LogP contribution in [0.5, 0.6) is 0 Å². The summed E-state index contributed by atoms with van der Waals surface area (Å²) in [5.74, 6) is -1.40. The number of aliphatic carboxylic acids is 1. The second-order valence-corrected chi connectivity index (χ2v) is 5.29. The SMILES string of the molecule is COCCNC(=O)N1CCN(C(C)C)C[C@@H](C(=O)O)C1. The molecule has 0 saturated carbocycles. The second kappa shape index (κ2) is 8.06. The summed E-state index contributed by atoms with van der Waals surface area (Å²) in [5.41, 5.74) is 0. The first kappa shape index (κ1) is 16.7.